The van der Waals surface area contributed by atoms with Gasteiger partial charge in [-0.15, -0.1) is 5.10 Å². The zero-order chi connectivity index (χ0) is 13.1. The number of benzene rings is 1. The third kappa shape index (κ3) is 2.47. The summed E-state index contributed by atoms with van der Waals surface area (Å²) in [6, 6.07) is 3.33. The normalized spacial score (nSPS) is 10.4. The Kier molecular flexibility index (Phi) is 3.26. The molecule has 0 aliphatic rings. The minimum Gasteiger partial charge on any atom is -0.321 e. The van der Waals surface area contributed by atoms with Gasteiger partial charge in [-0.2, -0.15) is 0 Å². The Hall–Kier alpha value is -2.38. The number of rotatable bonds is 3. The second kappa shape index (κ2) is 4.86. The van der Waals surface area contributed by atoms with Gasteiger partial charge in [0.2, 0.25) is 5.91 Å². The monoisotopic (exact) mass is 253 g/mol. The average Bonchev–Trinajstić information content (AvgIpc) is 2.70. The van der Waals surface area contributed by atoms with Gasteiger partial charge in [-0.05, 0) is 22.6 Å². The Morgan fingerprint density at radius 2 is 2.06 bits per heavy atom. The molecule has 1 amide bonds. The van der Waals surface area contributed by atoms with Crippen molar-refractivity contribution in [2.45, 2.75) is 6.42 Å². The number of anilines is 1. The highest BCUT2D eigenvalue weighted by Gasteiger charge is 2.14. The van der Waals surface area contributed by atoms with E-state index in [4.69, 9.17) is 0 Å². The maximum Gasteiger partial charge on any atom is 0.232 e. The quantitative estimate of drug-likeness (QED) is 0.872. The summed E-state index contributed by atoms with van der Waals surface area (Å²) >= 11 is 0. The summed E-state index contributed by atoms with van der Waals surface area (Å²) in [7, 11) is 1.56. The van der Waals surface area contributed by atoms with Crippen molar-refractivity contribution in [3.63, 3.8) is 0 Å². The van der Waals surface area contributed by atoms with E-state index in [1.807, 2.05) is 0 Å². The van der Waals surface area contributed by atoms with Crippen LogP contribution in [0, 0.1) is 11.6 Å². The van der Waals surface area contributed by atoms with Crippen LogP contribution in [0.5, 0.6) is 0 Å². The van der Waals surface area contributed by atoms with E-state index in [9.17, 15) is 13.6 Å². The standard InChI is InChI=1S/C10H9F2N5O/c1-17-8(14-15-16-17)5-9(18)13-10-6(11)3-2-4-7(10)12/h2-4H,5H2,1H3,(H,13,18). The first-order valence-electron chi connectivity index (χ1n) is 5.03. The zero-order valence-electron chi connectivity index (χ0n) is 9.39. The fourth-order valence-electron chi connectivity index (χ4n) is 1.34. The molecule has 8 heteroatoms. The van der Waals surface area contributed by atoms with E-state index in [0.717, 1.165) is 12.1 Å². The summed E-state index contributed by atoms with van der Waals surface area (Å²) in [5, 5.41) is 12.6. The predicted molar refractivity (Wildman–Crippen MR) is 57.5 cm³/mol. The van der Waals surface area contributed by atoms with Gasteiger partial charge < -0.3 is 5.32 Å². The molecule has 0 unspecified atom stereocenters. The summed E-state index contributed by atoms with van der Waals surface area (Å²) in [6.45, 7) is 0. The molecule has 2 aromatic rings. The van der Waals surface area contributed by atoms with Crippen LogP contribution in [0.1, 0.15) is 5.82 Å². The maximum absolute atomic E-state index is 13.3. The van der Waals surface area contributed by atoms with Crippen molar-refractivity contribution in [3.05, 3.63) is 35.7 Å². The molecule has 0 aliphatic heterocycles. The number of amides is 1. The highest BCUT2D eigenvalue weighted by atomic mass is 19.1. The Labute approximate surface area is 101 Å². The summed E-state index contributed by atoms with van der Waals surface area (Å²) in [4.78, 5) is 11.6. The van der Waals surface area contributed by atoms with E-state index in [1.54, 1.807) is 7.05 Å². The third-order valence-corrected chi connectivity index (χ3v) is 2.25. The van der Waals surface area contributed by atoms with Crippen LogP contribution in [0.3, 0.4) is 0 Å². The molecule has 94 valence electrons. The topological polar surface area (TPSA) is 72.7 Å². The Morgan fingerprint density at radius 1 is 1.39 bits per heavy atom. The SMILES string of the molecule is Cn1nnnc1CC(=O)Nc1c(F)cccc1F. The van der Waals surface area contributed by atoms with Crippen LogP contribution in [0.2, 0.25) is 0 Å². The van der Waals surface area contributed by atoms with Gasteiger partial charge in [-0.3, -0.25) is 4.79 Å². The van der Waals surface area contributed by atoms with Crippen molar-refractivity contribution >= 4 is 11.6 Å². The van der Waals surface area contributed by atoms with Crippen molar-refractivity contribution < 1.29 is 13.6 Å². The summed E-state index contributed by atoms with van der Waals surface area (Å²) in [5.74, 6) is -1.97. The van der Waals surface area contributed by atoms with Crippen LogP contribution in [0.4, 0.5) is 14.5 Å². The van der Waals surface area contributed by atoms with Crippen LogP contribution in [0.25, 0.3) is 0 Å². The van der Waals surface area contributed by atoms with Crippen molar-refractivity contribution in [2.24, 2.45) is 7.05 Å². The molecule has 0 aliphatic carbocycles. The van der Waals surface area contributed by atoms with Crippen LogP contribution in [0.15, 0.2) is 18.2 Å². The first-order chi connectivity index (χ1) is 8.58. The molecule has 0 saturated carbocycles. The van der Waals surface area contributed by atoms with Gasteiger partial charge in [0.05, 0.1) is 6.42 Å². The van der Waals surface area contributed by atoms with Gasteiger partial charge in [0.25, 0.3) is 0 Å². The number of hydrogen-bond donors (Lipinski definition) is 1. The lowest BCUT2D eigenvalue weighted by atomic mass is 10.2. The fraction of sp³-hybridized carbons (Fsp3) is 0.200. The van der Waals surface area contributed by atoms with Gasteiger partial charge in [-0.25, -0.2) is 13.5 Å². The van der Waals surface area contributed by atoms with Crippen LogP contribution in [-0.4, -0.2) is 26.1 Å². The molecule has 1 heterocycles. The van der Waals surface area contributed by atoms with Crippen LogP contribution < -0.4 is 5.32 Å². The first-order valence-corrected chi connectivity index (χ1v) is 5.03. The molecular weight excluding hydrogens is 244 g/mol. The maximum atomic E-state index is 13.3. The molecule has 0 saturated heterocycles. The second-order valence-corrected chi connectivity index (χ2v) is 3.54. The smallest absolute Gasteiger partial charge is 0.232 e. The Bertz CT molecular complexity index is 563. The van der Waals surface area contributed by atoms with Crippen molar-refractivity contribution in [3.8, 4) is 0 Å². The van der Waals surface area contributed by atoms with E-state index in [-0.39, 0.29) is 6.42 Å². The average molecular weight is 253 g/mol. The van der Waals surface area contributed by atoms with Crippen molar-refractivity contribution in [1.82, 2.24) is 20.2 Å². The predicted octanol–water partition coefficient (Wildman–Crippen LogP) is 0.669. The zero-order valence-corrected chi connectivity index (χ0v) is 9.39. The van der Waals surface area contributed by atoms with Crippen LogP contribution >= 0.6 is 0 Å². The Balaban J connectivity index is 2.10. The molecule has 0 radical (unpaired) electrons. The van der Waals surface area contributed by atoms with Crippen molar-refractivity contribution in [1.29, 1.82) is 0 Å². The molecular formula is C10H9F2N5O. The number of aryl methyl sites for hydroxylation is 1. The number of carbonyl (C=O) groups excluding carboxylic acids is 1. The van der Waals surface area contributed by atoms with Gasteiger partial charge in [0.1, 0.15) is 17.3 Å². The number of halogens is 2. The fourth-order valence-corrected chi connectivity index (χ4v) is 1.34. The van der Waals surface area contributed by atoms with E-state index >= 15 is 0 Å². The number of nitrogens with one attached hydrogen (secondary N) is 1. The molecule has 2 rings (SSSR count). The Morgan fingerprint density at radius 3 is 2.61 bits per heavy atom. The first kappa shape index (κ1) is 12.1. The van der Waals surface area contributed by atoms with E-state index < -0.39 is 23.2 Å². The number of carbonyl (C=O) groups is 1. The minimum atomic E-state index is -0.834. The lowest BCUT2D eigenvalue weighted by Gasteiger charge is -2.06. The minimum absolute atomic E-state index is 0.169. The number of hydrogen-bond acceptors (Lipinski definition) is 4. The highest BCUT2D eigenvalue weighted by Crippen LogP contribution is 2.17. The van der Waals surface area contributed by atoms with Gasteiger partial charge >= 0.3 is 0 Å². The van der Waals surface area contributed by atoms with Gasteiger partial charge in [0, 0.05) is 7.05 Å². The molecule has 18 heavy (non-hydrogen) atoms. The molecule has 1 aromatic heterocycles. The third-order valence-electron chi connectivity index (χ3n) is 2.25. The molecule has 0 spiro atoms. The van der Waals surface area contributed by atoms with Crippen LogP contribution in [-0.2, 0) is 18.3 Å². The van der Waals surface area contributed by atoms with Gasteiger partial charge in [0.15, 0.2) is 5.82 Å². The molecule has 1 N–H and O–H groups in total. The van der Waals surface area contributed by atoms with E-state index in [2.05, 4.69) is 20.8 Å². The van der Waals surface area contributed by atoms with Crippen molar-refractivity contribution in [2.75, 3.05) is 5.32 Å². The van der Waals surface area contributed by atoms with Gasteiger partial charge in [-0.1, -0.05) is 6.07 Å². The molecule has 6 nitrogen and oxygen atoms in total. The molecule has 0 bridgehead atoms. The molecule has 0 atom stereocenters. The van der Waals surface area contributed by atoms with E-state index in [1.165, 1.54) is 10.7 Å². The summed E-state index contributed by atoms with van der Waals surface area (Å²) in [6.07, 6.45) is -0.169. The lowest BCUT2D eigenvalue weighted by Crippen LogP contribution is -2.18. The molecule has 1 aromatic carbocycles. The second-order valence-electron chi connectivity index (χ2n) is 3.54. The largest absolute Gasteiger partial charge is 0.321 e. The summed E-state index contributed by atoms with van der Waals surface area (Å²) in [5.41, 5.74) is -0.474. The highest BCUT2D eigenvalue weighted by molar-refractivity contribution is 5.92. The summed E-state index contributed by atoms with van der Waals surface area (Å²) < 4.78 is 27.8. The lowest BCUT2D eigenvalue weighted by molar-refractivity contribution is -0.115. The number of nitrogens with zero attached hydrogens (tertiary/aromatic N) is 4. The molecule has 0 fully saturated rings. The number of aromatic nitrogens is 4. The van der Waals surface area contributed by atoms with E-state index in [0.29, 0.717) is 5.82 Å². The number of para-hydroxylation sites is 1. The number of tetrazole rings is 1.